The normalized spacial score (nSPS) is 21.5. The number of nitrogens with two attached hydrogens (primary N) is 1. The van der Waals surface area contributed by atoms with Crippen molar-refractivity contribution in [1.29, 1.82) is 0 Å². The van der Waals surface area contributed by atoms with Crippen LogP contribution in [0.25, 0.3) is 0 Å². The van der Waals surface area contributed by atoms with Crippen LogP contribution in [0, 0.1) is 0 Å². The lowest BCUT2D eigenvalue weighted by Crippen LogP contribution is -2.50. The van der Waals surface area contributed by atoms with Crippen LogP contribution in [0.2, 0.25) is 0 Å². The van der Waals surface area contributed by atoms with Crippen LogP contribution in [0.4, 0.5) is 0 Å². The lowest BCUT2D eigenvalue weighted by Gasteiger charge is -2.40. The molecule has 5 heteroatoms. The second-order valence-corrected chi connectivity index (χ2v) is 5.63. The van der Waals surface area contributed by atoms with Crippen molar-refractivity contribution in [3.05, 3.63) is 18.0 Å². The van der Waals surface area contributed by atoms with E-state index in [-0.39, 0.29) is 12.1 Å². The van der Waals surface area contributed by atoms with Gasteiger partial charge in [0, 0.05) is 51.0 Å². The molecule has 0 saturated carbocycles. The fraction of sp³-hybridized carbons (Fsp3) is 0.786. The van der Waals surface area contributed by atoms with E-state index in [1.54, 1.807) is 0 Å². The van der Waals surface area contributed by atoms with Crippen LogP contribution in [0.1, 0.15) is 31.9 Å². The molecule has 2 heterocycles. The van der Waals surface area contributed by atoms with Crippen LogP contribution in [-0.4, -0.2) is 58.3 Å². The standard InChI is InChI=1S/C14H27N5/c1-4-5-18-6-8-19(9-7-18)14(12(2)15)13-10-16-17(3)11-13/h10-12,14H,4-9,15H2,1-3H3. The van der Waals surface area contributed by atoms with Crippen LogP contribution in [0.5, 0.6) is 0 Å². The zero-order valence-corrected chi connectivity index (χ0v) is 12.4. The predicted molar refractivity (Wildman–Crippen MR) is 77.9 cm³/mol. The van der Waals surface area contributed by atoms with Crippen molar-refractivity contribution < 1.29 is 0 Å². The Hall–Kier alpha value is -0.910. The highest BCUT2D eigenvalue weighted by Crippen LogP contribution is 2.24. The minimum Gasteiger partial charge on any atom is -0.326 e. The summed E-state index contributed by atoms with van der Waals surface area (Å²) in [5, 5.41) is 4.28. The molecule has 1 aliphatic rings. The maximum Gasteiger partial charge on any atom is 0.0538 e. The molecule has 2 unspecified atom stereocenters. The van der Waals surface area contributed by atoms with E-state index in [9.17, 15) is 0 Å². The van der Waals surface area contributed by atoms with Crippen molar-refractivity contribution in [2.45, 2.75) is 32.4 Å². The van der Waals surface area contributed by atoms with Gasteiger partial charge >= 0.3 is 0 Å². The van der Waals surface area contributed by atoms with Gasteiger partial charge in [-0.15, -0.1) is 0 Å². The third-order valence-corrected chi connectivity index (χ3v) is 3.90. The van der Waals surface area contributed by atoms with Crippen molar-refractivity contribution in [3.8, 4) is 0 Å². The Kier molecular flexibility index (Phi) is 4.96. The number of hydrogen-bond acceptors (Lipinski definition) is 4. The van der Waals surface area contributed by atoms with E-state index >= 15 is 0 Å². The first kappa shape index (κ1) is 14.5. The molecule has 1 saturated heterocycles. The van der Waals surface area contributed by atoms with Gasteiger partial charge in [-0.2, -0.15) is 5.10 Å². The van der Waals surface area contributed by atoms with E-state index in [2.05, 4.69) is 34.9 Å². The van der Waals surface area contributed by atoms with Crippen LogP contribution in [-0.2, 0) is 7.05 Å². The molecular weight excluding hydrogens is 238 g/mol. The molecule has 2 rings (SSSR count). The molecule has 0 aliphatic carbocycles. The van der Waals surface area contributed by atoms with Gasteiger partial charge in [0.2, 0.25) is 0 Å². The molecule has 5 nitrogen and oxygen atoms in total. The van der Waals surface area contributed by atoms with E-state index < -0.39 is 0 Å². The Bertz CT molecular complexity index is 379. The first-order valence-corrected chi connectivity index (χ1v) is 7.32. The summed E-state index contributed by atoms with van der Waals surface area (Å²) < 4.78 is 1.86. The summed E-state index contributed by atoms with van der Waals surface area (Å²) in [6.07, 6.45) is 5.28. The Morgan fingerprint density at radius 3 is 2.47 bits per heavy atom. The highest BCUT2D eigenvalue weighted by molar-refractivity contribution is 5.13. The highest BCUT2D eigenvalue weighted by Gasteiger charge is 2.28. The summed E-state index contributed by atoms with van der Waals surface area (Å²) in [6.45, 7) is 10.0. The maximum absolute atomic E-state index is 6.21. The topological polar surface area (TPSA) is 50.3 Å². The molecule has 1 fully saturated rings. The molecule has 19 heavy (non-hydrogen) atoms. The smallest absolute Gasteiger partial charge is 0.0538 e. The molecule has 1 aliphatic heterocycles. The third kappa shape index (κ3) is 3.55. The van der Waals surface area contributed by atoms with Crippen molar-refractivity contribution in [1.82, 2.24) is 19.6 Å². The van der Waals surface area contributed by atoms with Gasteiger partial charge in [-0.05, 0) is 19.9 Å². The summed E-state index contributed by atoms with van der Waals surface area (Å²) >= 11 is 0. The lowest BCUT2D eigenvalue weighted by molar-refractivity contribution is 0.0868. The average Bonchev–Trinajstić information content (AvgIpc) is 2.78. The van der Waals surface area contributed by atoms with Crippen LogP contribution >= 0.6 is 0 Å². The second-order valence-electron chi connectivity index (χ2n) is 5.63. The molecule has 0 radical (unpaired) electrons. The third-order valence-electron chi connectivity index (χ3n) is 3.90. The molecule has 0 spiro atoms. The van der Waals surface area contributed by atoms with Gasteiger partial charge in [-0.1, -0.05) is 6.92 Å². The quantitative estimate of drug-likeness (QED) is 0.857. The van der Waals surface area contributed by atoms with Gasteiger partial charge in [0.15, 0.2) is 0 Å². The Balaban J connectivity index is 2.01. The van der Waals surface area contributed by atoms with Crippen molar-refractivity contribution >= 4 is 0 Å². The number of piperazine rings is 1. The fourth-order valence-corrected chi connectivity index (χ4v) is 3.02. The Labute approximate surface area is 116 Å². The van der Waals surface area contributed by atoms with E-state index in [4.69, 9.17) is 5.73 Å². The molecular formula is C14H27N5. The SMILES string of the molecule is CCCN1CCN(C(c2cnn(C)c2)C(C)N)CC1. The summed E-state index contributed by atoms with van der Waals surface area (Å²) in [6, 6.07) is 0.416. The number of hydrogen-bond donors (Lipinski definition) is 1. The van der Waals surface area contributed by atoms with Gasteiger partial charge in [0.1, 0.15) is 0 Å². The molecule has 2 N–H and O–H groups in total. The van der Waals surface area contributed by atoms with E-state index in [1.165, 1.54) is 18.5 Å². The first-order chi connectivity index (χ1) is 9.11. The van der Waals surface area contributed by atoms with E-state index in [1.807, 2.05) is 17.9 Å². The lowest BCUT2D eigenvalue weighted by atomic mass is 10.0. The highest BCUT2D eigenvalue weighted by atomic mass is 15.3. The zero-order valence-electron chi connectivity index (χ0n) is 12.4. The average molecular weight is 265 g/mol. The number of rotatable bonds is 5. The Morgan fingerprint density at radius 2 is 2.00 bits per heavy atom. The molecule has 108 valence electrons. The van der Waals surface area contributed by atoms with Crippen molar-refractivity contribution in [2.24, 2.45) is 12.8 Å². The minimum atomic E-state index is 0.127. The zero-order chi connectivity index (χ0) is 13.8. The molecule has 1 aromatic heterocycles. The van der Waals surface area contributed by atoms with Crippen LogP contribution in [0.3, 0.4) is 0 Å². The molecule has 2 atom stereocenters. The molecule has 0 aromatic carbocycles. The predicted octanol–water partition coefficient (Wildman–Crippen LogP) is 0.836. The Morgan fingerprint density at radius 1 is 1.32 bits per heavy atom. The maximum atomic E-state index is 6.21. The van der Waals surface area contributed by atoms with Crippen LogP contribution < -0.4 is 5.73 Å². The monoisotopic (exact) mass is 265 g/mol. The first-order valence-electron chi connectivity index (χ1n) is 7.32. The molecule has 0 amide bonds. The van der Waals surface area contributed by atoms with Gasteiger partial charge in [0.05, 0.1) is 12.2 Å². The van der Waals surface area contributed by atoms with E-state index in [0.717, 1.165) is 26.2 Å². The van der Waals surface area contributed by atoms with Gasteiger partial charge < -0.3 is 10.6 Å². The van der Waals surface area contributed by atoms with Crippen molar-refractivity contribution in [2.75, 3.05) is 32.7 Å². The van der Waals surface area contributed by atoms with Gasteiger partial charge in [0.25, 0.3) is 0 Å². The minimum absolute atomic E-state index is 0.127. The van der Waals surface area contributed by atoms with Gasteiger partial charge in [-0.25, -0.2) is 0 Å². The summed E-state index contributed by atoms with van der Waals surface area (Å²) in [4.78, 5) is 5.05. The summed E-state index contributed by atoms with van der Waals surface area (Å²) in [5.74, 6) is 0. The summed E-state index contributed by atoms with van der Waals surface area (Å²) in [5.41, 5.74) is 7.45. The molecule has 1 aromatic rings. The van der Waals surface area contributed by atoms with Gasteiger partial charge in [-0.3, -0.25) is 9.58 Å². The fourth-order valence-electron chi connectivity index (χ4n) is 3.02. The van der Waals surface area contributed by atoms with E-state index in [0.29, 0.717) is 0 Å². The second kappa shape index (κ2) is 6.50. The largest absolute Gasteiger partial charge is 0.326 e. The van der Waals surface area contributed by atoms with Crippen LogP contribution in [0.15, 0.2) is 12.4 Å². The molecule has 0 bridgehead atoms. The number of aromatic nitrogens is 2. The summed E-state index contributed by atoms with van der Waals surface area (Å²) in [7, 11) is 1.96. The van der Waals surface area contributed by atoms with Crippen molar-refractivity contribution in [3.63, 3.8) is 0 Å². The number of nitrogens with zero attached hydrogens (tertiary/aromatic N) is 4. The number of aryl methyl sites for hydroxylation is 1.